The second-order valence-corrected chi connectivity index (χ2v) is 7.67. The summed E-state index contributed by atoms with van der Waals surface area (Å²) in [6.45, 7) is 8.06. The van der Waals surface area contributed by atoms with Crippen molar-refractivity contribution in [3.05, 3.63) is 23.8 Å². The van der Waals surface area contributed by atoms with E-state index >= 15 is 0 Å². The molecule has 3 rings (SSSR count). The van der Waals surface area contributed by atoms with Gasteiger partial charge in [-0.05, 0) is 39.7 Å². The van der Waals surface area contributed by atoms with Gasteiger partial charge in [0, 0.05) is 37.7 Å². The second kappa shape index (κ2) is 8.12. The normalized spacial score (nSPS) is 24.1. The molecule has 2 fully saturated rings. The number of hydrogen-bond donors (Lipinski definition) is 1. The number of aryl methyl sites for hydroxylation is 1. The number of piperidine rings is 2. The number of rotatable bonds is 5. The summed E-state index contributed by atoms with van der Waals surface area (Å²) in [6, 6.07) is 0. The van der Waals surface area contributed by atoms with Gasteiger partial charge in [-0.2, -0.15) is 0 Å². The molecule has 0 saturated carbocycles. The Labute approximate surface area is 155 Å². The van der Waals surface area contributed by atoms with Gasteiger partial charge in [-0.25, -0.2) is 0 Å². The lowest BCUT2D eigenvalue weighted by Gasteiger charge is -2.48. The first-order valence-corrected chi connectivity index (χ1v) is 9.54. The molecule has 0 aromatic carbocycles. The Morgan fingerprint density at radius 2 is 2.12 bits per heavy atom. The Morgan fingerprint density at radius 1 is 1.27 bits per heavy atom. The average molecular weight is 359 g/mol. The summed E-state index contributed by atoms with van der Waals surface area (Å²) in [4.78, 5) is 37.2. The zero-order chi connectivity index (χ0) is 18.6. The van der Waals surface area contributed by atoms with Crippen LogP contribution in [0.1, 0.15) is 44.0 Å². The summed E-state index contributed by atoms with van der Waals surface area (Å²) >= 11 is 0. The topological polar surface area (TPSA) is 78.4 Å². The molecule has 142 valence electrons. The molecule has 3 heterocycles. The lowest BCUT2D eigenvalue weighted by molar-refractivity contribution is -0.141. The standard InChI is InChI=1S/C19H29N5O2/c1-3-20-17(25)12-23-8-4-6-19(13-23)7-5-18(26)24(14-19)11-16-10-21-15(2)9-22-16/h9-10H,3-8,11-14H2,1-2H3,(H,20,25)/t19-/m1/s1. The fraction of sp³-hybridized carbons (Fsp3) is 0.684. The molecule has 0 radical (unpaired) electrons. The van der Waals surface area contributed by atoms with E-state index in [-0.39, 0.29) is 17.2 Å². The highest BCUT2D eigenvalue weighted by atomic mass is 16.2. The van der Waals surface area contributed by atoms with Crippen molar-refractivity contribution in [1.82, 2.24) is 25.1 Å². The van der Waals surface area contributed by atoms with E-state index in [1.165, 1.54) is 0 Å². The highest BCUT2D eigenvalue weighted by Crippen LogP contribution is 2.39. The third-order valence-corrected chi connectivity index (χ3v) is 5.42. The van der Waals surface area contributed by atoms with E-state index < -0.39 is 0 Å². The van der Waals surface area contributed by atoms with Crippen molar-refractivity contribution in [3.63, 3.8) is 0 Å². The van der Waals surface area contributed by atoms with E-state index in [2.05, 4.69) is 20.2 Å². The Kier molecular flexibility index (Phi) is 5.86. The number of likely N-dealkylation sites (N-methyl/N-ethyl adjacent to an activating group) is 1. The van der Waals surface area contributed by atoms with Crippen molar-refractivity contribution >= 4 is 11.8 Å². The van der Waals surface area contributed by atoms with Crippen LogP contribution in [-0.2, 0) is 16.1 Å². The zero-order valence-corrected chi connectivity index (χ0v) is 15.8. The highest BCUT2D eigenvalue weighted by Gasteiger charge is 2.41. The molecule has 2 aliphatic rings. The number of nitrogens with zero attached hydrogens (tertiary/aromatic N) is 4. The van der Waals surface area contributed by atoms with Crippen molar-refractivity contribution in [2.75, 3.05) is 32.7 Å². The van der Waals surface area contributed by atoms with Gasteiger partial charge < -0.3 is 10.2 Å². The van der Waals surface area contributed by atoms with Crippen LogP contribution in [0.3, 0.4) is 0 Å². The molecule has 7 heteroatoms. The van der Waals surface area contributed by atoms with E-state index in [4.69, 9.17) is 0 Å². The van der Waals surface area contributed by atoms with Gasteiger partial charge in [0.15, 0.2) is 0 Å². The predicted octanol–water partition coefficient (Wildman–Crippen LogP) is 1.13. The van der Waals surface area contributed by atoms with Crippen LogP contribution < -0.4 is 5.32 Å². The summed E-state index contributed by atoms with van der Waals surface area (Å²) in [5.41, 5.74) is 1.80. The monoisotopic (exact) mass is 359 g/mol. The van der Waals surface area contributed by atoms with Crippen molar-refractivity contribution in [2.45, 2.75) is 46.1 Å². The molecule has 0 bridgehead atoms. The van der Waals surface area contributed by atoms with Gasteiger partial charge in [0.25, 0.3) is 0 Å². The summed E-state index contributed by atoms with van der Waals surface area (Å²) < 4.78 is 0. The number of amides is 2. The van der Waals surface area contributed by atoms with E-state index in [0.29, 0.717) is 26.1 Å². The van der Waals surface area contributed by atoms with Crippen LogP contribution in [-0.4, -0.2) is 64.3 Å². The summed E-state index contributed by atoms with van der Waals surface area (Å²) in [6.07, 6.45) is 7.18. The number of nitrogens with one attached hydrogen (secondary N) is 1. The van der Waals surface area contributed by atoms with Gasteiger partial charge >= 0.3 is 0 Å². The van der Waals surface area contributed by atoms with Crippen LogP contribution in [0.2, 0.25) is 0 Å². The maximum atomic E-state index is 12.4. The van der Waals surface area contributed by atoms with Crippen LogP contribution in [0.25, 0.3) is 0 Å². The van der Waals surface area contributed by atoms with E-state index in [9.17, 15) is 9.59 Å². The van der Waals surface area contributed by atoms with Gasteiger partial charge in [-0.15, -0.1) is 0 Å². The lowest BCUT2D eigenvalue weighted by atomic mass is 9.73. The summed E-state index contributed by atoms with van der Waals surface area (Å²) in [7, 11) is 0. The molecule has 26 heavy (non-hydrogen) atoms. The van der Waals surface area contributed by atoms with E-state index in [0.717, 1.165) is 50.3 Å². The van der Waals surface area contributed by atoms with Crippen LogP contribution in [0.5, 0.6) is 0 Å². The minimum Gasteiger partial charge on any atom is -0.355 e. The zero-order valence-electron chi connectivity index (χ0n) is 15.8. The minimum absolute atomic E-state index is 0.0863. The third-order valence-electron chi connectivity index (χ3n) is 5.42. The highest BCUT2D eigenvalue weighted by molar-refractivity contribution is 5.78. The minimum atomic E-state index is 0.0863. The Hall–Kier alpha value is -2.02. The molecule has 2 aliphatic heterocycles. The first-order valence-electron chi connectivity index (χ1n) is 9.54. The molecule has 1 N–H and O–H groups in total. The molecule has 1 spiro atoms. The van der Waals surface area contributed by atoms with Crippen molar-refractivity contribution < 1.29 is 9.59 Å². The number of aromatic nitrogens is 2. The molecule has 1 atom stereocenters. The van der Waals surface area contributed by atoms with Crippen molar-refractivity contribution in [1.29, 1.82) is 0 Å². The Morgan fingerprint density at radius 3 is 2.85 bits per heavy atom. The van der Waals surface area contributed by atoms with Crippen LogP contribution >= 0.6 is 0 Å². The maximum absolute atomic E-state index is 12.4. The average Bonchev–Trinajstić information content (AvgIpc) is 2.61. The Balaban J connectivity index is 1.64. The fourth-order valence-electron chi connectivity index (χ4n) is 4.18. The number of likely N-dealkylation sites (tertiary alicyclic amines) is 2. The van der Waals surface area contributed by atoms with Crippen LogP contribution in [0.4, 0.5) is 0 Å². The van der Waals surface area contributed by atoms with Crippen LogP contribution in [0, 0.1) is 12.3 Å². The molecule has 0 aliphatic carbocycles. The van der Waals surface area contributed by atoms with Crippen molar-refractivity contribution in [2.24, 2.45) is 5.41 Å². The molecule has 0 unspecified atom stereocenters. The molecule has 1 aromatic heterocycles. The fourth-order valence-corrected chi connectivity index (χ4v) is 4.18. The quantitative estimate of drug-likeness (QED) is 0.853. The lowest BCUT2D eigenvalue weighted by Crippen LogP contribution is -2.55. The number of carbonyl (C=O) groups is 2. The summed E-state index contributed by atoms with van der Waals surface area (Å²) in [5, 5.41) is 2.88. The number of hydrogen-bond acceptors (Lipinski definition) is 5. The Bertz CT molecular complexity index is 648. The van der Waals surface area contributed by atoms with Gasteiger partial charge in [0.1, 0.15) is 0 Å². The molecule has 7 nitrogen and oxygen atoms in total. The van der Waals surface area contributed by atoms with Gasteiger partial charge in [-0.1, -0.05) is 0 Å². The maximum Gasteiger partial charge on any atom is 0.234 e. The smallest absolute Gasteiger partial charge is 0.234 e. The first kappa shape index (κ1) is 18.8. The molecular formula is C19H29N5O2. The number of carbonyl (C=O) groups excluding carboxylic acids is 2. The molecule has 2 saturated heterocycles. The molecular weight excluding hydrogens is 330 g/mol. The first-order chi connectivity index (χ1) is 12.5. The summed E-state index contributed by atoms with van der Waals surface area (Å²) in [5.74, 6) is 0.280. The molecule has 2 amide bonds. The second-order valence-electron chi connectivity index (χ2n) is 7.67. The van der Waals surface area contributed by atoms with Crippen LogP contribution in [0.15, 0.2) is 12.4 Å². The largest absolute Gasteiger partial charge is 0.355 e. The SMILES string of the molecule is CCNC(=O)CN1CCC[C@@]2(CCC(=O)N(Cc3cnc(C)cn3)C2)C1. The van der Waals surface area contributed by atoms with Gasteiger partial charge in [0.2, 0.25) is 11.8 Å². The van der Waals surface area contributed by atoms with Crippen molar-refractivity contribution in [3.8, 4) is 0 Å². The molecule has 1 aromatic rings. The van der Waals surface area contributed by atoms with E-state index in [1.807, 2.05) is 18.7 Å². The predicted molar refractivity (Wildman–Crippen MR) is 98.2 cm³/mol. The third kappa shape index (κ3) is 4.58. The van der Waals surface area contributed by atoms with Gasteiger partial charge in [-0.3, -0.25) is 24.5 Å². The van der Waals surface area contributed by atoms with E-state index in [1.54, 1.807) is 12.4 Å². The van der Waals surface area contributed by atoms with Gasteiger partial charge in [0.05, 0.1) is 30.7 Å².